The first kappa shape index (κ1) is 14.3. The van der Waals surface area contributed by atoms with E-state index in [-0.39, 0.29) is 6.04 Å². The molecule has 1 aromatic heterocycles. The number of halogens is 1. The minimum absolute atomic E-state index is 0.0120. The van der Waals surface area contributed by atoms with Crippen molar-refractivity contribution in [2.45, 2.75) is 39.7 Å². The molecule has 4 heteroatoms. The Labute approximate surface area is 122 Å². The molecule has 2 rings (SSSR count). The van der Waals surface area contributed by atoms with Gasteiger partial charge in [0.2, 0.25) is 0 Å². The highest BCUT2D eigenvalue weighted by atomic mass is 79.9. The highest BCUT2D eigenvalue weighted by Gasteiger charge is 2.14. The lowest BCUT2D eigenvalue weighted by Gasteiger charge is -2.15. The van der Waals surface area contributed by atoms with Gasteiger partial charge in [0.25, 0.3) is 0 Å². The third kappa shape index (κ3) is 2.90. The summed E-state index contributed by atoms with van der Waals surface area (Å²) in [5.41, 5.74) is 10.6. The lowest BCUT2D eigenvalue weighted by atomic mass is 10.1. The highest BCUT2D eigenvalue weighted by molar-refractivity contribution is 9.10. The van der Waals surface area contributed by atoms with E-state index in [4.69, 9.17) is 10.8 Å². The number of hydrogen-bond acceptors (Lipinski definition) is 2. The van der Waals surface area contributed by atoms with Crippen LogP contribution in [0.25, 0.3) is 5.69 Å². The first-order chi connectivity index (χ1) is 9.06. The Balaban J connectivity index is 2.63. The number of nitrogens with two attached hydrogens (primary N) is 1. The van der Waals surface area contributed by atoms with Gasteiger partial charge in [0.05, 0.1) is 11.4 Å². The molecule has 102 valence electrons. The quantitative estimate of drug-likeness (QED) is 0.931. The van der Waals surface area contributed by atoms with Gasteiger partial charge >= 0.3 is 0 Å². The van der Waals surface area contributed by atoms with Crippen molar-refractivity contribution in [3.05, 3.63) is 45.7 Å². The van der Waals surface area contributed by atoms with E-state index < -0.39 is 0 Å². The van der Waals surface area contributed by atoms with Gasteiger partial charge in [0.1, 0.15) is 0 Å². The zero-order valence-electron chi connectivity index (χ0n) is 11.7. The molecule has 1 unspecified atom stereocenters. The van der Waals surface area contributed by atoms with E-state index in [1.54, 1.807) is 0 Å². The second-order valence-electron chi connectivity index (χ2n) is 4.74. The van der Waals surface area contributed by atoms with Gasteiger partial charge in [-0.3, -0.25) is 0 Å². The molecule has 19 heavy (non-hydrogen) atoms. The van der Waals surface area contributed by atoms with E-state index in [1.807, 2.05) is 17.7 Å². The predicted molar refractivity (Wildman–Crippen MR) is 82.6 cm³/mol. The number of hydrogen-bond donors (Lipinski definition) is 1. The Morgan fingerprint density at radius 3 is 2.58 bits per heavy atom. The SMILES string of the molecule is CCc1cc(CC)n(-c2cc(Br)ccc2C(C)N)n1. The number of aromatic nitrogens is 2. The molecule has 1 aromatic carbocycles. The minimum atomic E-state index is -0.0120. The van der Waals surface area contributed by atoms with Crippen LogP contribution in [-0.4, -0.2) is 9.78 Å². The summed E-state index contributed by atoms with van der Waals surface area (Å²) >= 11 is 3.53. The summed E-state index contributed by atoms with van der Waals surface area (Å²) in [6.07, 6.45) is 1.90. The number of benzene rings is 1. The molecule has 0 spiro atoms. The Kier molecular flexibility index (Phi) is 4.42. The van der Waals surface area contributed by atoms with Crippen LogP contribution in [0, 0.1) is 0 Å². The van der Waals surface area contributed by atoms with E-state index >= 15 is 0 Å². The molecule has 1 heterocycles. The Bertz CT molecular complexity index is 573. The summed E-state index contributed by atoms with van der Waals surface area (Å²) < 4.78 is 3.07. The Hall–Kier alpha value is -1.13. The number of aryl methyl sites for hydroxylation is 2. The van der Waals surface area contributed by atoms with Crippen LogP contribution >= 0.6 is 15.9 Å². The fourth-order valence-corrected chi connectivity index (χ4v) is 2.54. The smallest absolute Gasteiger partial charge is 0.0707 e. The summed E-state index contributed by atoms with van der Waals surface area (Å²) in [4.78, 5) is 0. The van der Waals surface area contributed by atoms with Crippen LogP contribution in [0.5, 0.6) is 0 Å². The van der Waals surface area contributed by atoms with Crippen LogP contribution in [0.15, 0.2) is 28.7 Å². The first-order valence-corrected chi connectivity index (χ1v) is 7.49. The maximum atomic E-state index is 6.08. The maximum absolute atomic E-state index is 6.08. The lowest BCUT2D eigenvalue weighted by molar-refractivity contribution is 0.749. The molecule has 0 radical (unpaired) electrons. The van der Waals surface area contributed by atoms with Crippen molar-refractivity contribution >= 4 is 15.9 Å². The largest absolute Gasteiger partial charge is 0.324 e. The molecule has 0 saturated carbocycles. The molecule has 2 N–H and O–H groups in total. The van der Waals surface area contributed by atoms with Gasteiger partial charge in [-0.1, -0.05) is 35.8 Å². The van der Waals surface area contributed by atoms with Crippen molar-refractivity contribution < 1.29 is 0 Å². The van der Waals surface area contributed by atoms with Gasteiger partial charge in [0.15, 0.2) is 0 Å². The zero-order valence-corrected chi connectivity index (χ0v) is 13.2. The fourth-order valence-electron chi connectivity index (χ4n) is 2.19. The molecule has 0 saturated heterocycles. The third-order valence-electron chi connectivity index (χ3n) is 3.27. The van der Waals surface area contributed by atoms with Crippen molar-refractivity contribution in [3.63, 3.8) is 0 Å². The highest BCUT2D eigenvalue weighted by Crippen LogP contribution is 2.26. The van der Waals surface area contributed by atoms with Crippen molar-refractivity contribution in [1.82, 2.24) is 9.78 Å². The lowest BCUT2D eigenvalue weighted by Crippen LogP contribution is -2.12. The molecule has 3 nitrogen and oxygen atoms in total. The second-order valence-corrected chi connectivity index (χ2v) is 5.65. The van der Waals surface area contributed by atoms with E-state index in [0.717, 1.165) is 34.3 Å². The van der Waals surface area contributed by atoms with Crippen LogP contribution in [0.2, 0.25) is 0 Å². The monoisotopic (exact) mass is 321 g/mol. The van der Waals surface area contributed by atoms with Gasteiger partial charge in [-0.15, -0.1) is 0 Å². The van der Waals surface area contributed by atoms with Crippen LogP contribution in [0.4, 0.5) is 0 Å². The molecular formula is C15H20BrN3. The first-order valence-electron chi connectivity index (χ1n) is 6.70. The van der Waals surface area contributed by atoms with Crippen LogP contribution in [0.3, 0.4) is 0 Å². The van der Waals surface area contributed by atoms with Gasteiger partial charge < -0.3 is 5.73 Å². The van der Waals surface area contributed by atoms with Crippen molar-refractivity contribution in [2.75, 3.05) is 0 Å². The number of rotatable bonds is 4. The molecule has 2 aromatic rings. The minimum Gasteiger partial charge on any atom is -0.324 e. The predicted octanol–water partition coefficient (Wildman–Crippen LogP) is 3.78. The van der Waals surface area contributed by atoms with Gasteiger partial charge in [-0.25, -0.2) is 4.68 Å². The Morgan fingerprint density at radius 2 is 2.00 bits per heavy atom. The zero-order chi connectivity index (χ0) is 14.0. The molecule has 0 aliphatic heterocycles. The molecule has 0 fully saturated rings. The average Bonchev–Trinajstić information content (AvgIpc) is 2.81. The Morgan fingerprint density at radius 1 is 1.26 bits per heavy atom. The van der Waals surface area contributed by atoms with Crippen molar-refractivity contribution in [1.29, 1.82) is 0 Å². The topological polar surface area (TPSA) is 43.8 Å². The molecule has 0 bridgehead atoms. The second kappa shape index (κ2) is 5.88. The summed E-state index contributed by atoms with van der Waals surface area (Å²) in [7, 11) is 0. The van der Waals surface area contributed by atoms with Gasteiger partial charge in [-0.2, -0.15) is 5.10 Å². The van der Waals surface area contributed by atoms with E-state index in [9.17, 15) is 0 Å². The summed E-state index contributed by atoms with van der Waals surface area (Å²) in [5, 5.41) is 4.69. The summed E-state index contributed by atoms with van der Waals surface area (Å²) in [6, 6.07) is 8.34. The average molecular weight is 322 g/mol. The van der Waals surface area contributed by atoms with E-state index in [0.29, 0.717) is 0 Å². The molecule has 0 aliphatic carbocycles. The van der Waals surface area contributed by atoms with E-state index in [1.165, 1.54) is 5.69 Å². The van der Waals surface area contributed by atoms with Crippen molar-refractivity contribution in [3.8, 4) is 5.69 Å². The molecular weight excluding hydrogens is 302 g/mol. The van der Waals surface area contributed by atoms with Crippen molar-refractivity contribution in [2.24, 2.45) is 5.73 Å². The summed E-state index contributed by atoms with van der Waals surface area (Å²) in [6.45, 7) is 6.28. The van der Waals surface area contributed by atoms with Gasteiger partial charge in [0, 0.05) is 16.2 Å². The summed E-state index contributed by atoms with van der Waals surface area (Å²) in [5.74, 6) is 0. The fraction of sp³-hybridized carbons (Fsp3) is 0.400. The van der Waals surface area contributed by atoms with Gasteiger partial charge in [-0.05, 0) is 43.5 Å². The van der Waals surface area contributed by atoms with Crippen LogP contribution in [0.1, 0.15) is 43.8 Å². The third-order valence-corrected chi connectivity index (χ3v) is 3.76. The molecule has 0 aliphatic rings. The molecule has 1 atom stereocenters. The van der Waals surface area contributed by atoms with E-state index in [2.05, 4.69) is 48.0 Å². The van der Waals surface area contributed by atoms with Crippen LogP contribution in [-0.2, 0) is 12.8 Å². The normalized spacial score (nSPS) is 12.7. The maximum Gasteiger partial charge on any atom is 0.0707 e. The molecule has 0 amide bonds. The standard InChI is InChI=1S/C15H20BrN3/c1-4-12-9-13(5-2)19(18-12)15-8-11(16)6-7-14(15)10(3)17/h6-10H,4-5,17H2,1-3H3. The van der Waals surface area contributed by atoms with Crippen LogP contribution < -0.4 is 5.73 Å². The number of nitrogens with zero attached hydrogens (tertiary/aromatic N) is 2.